The molecule has 0 radical (unpaired) electrons. The van der Waals surface area contributed by atoms with E-state index in [1.807, 2.05) is 19.1 Å². The van der Waals surface area contributed by atoms with E-state index in [-0.39, 0.29) is 23.2 Å². The molecule has 1 fully saturated rings. The highest BCUT2D eigenvalue weighted by Gasteiger charge is 2.35. The molecule has 3 aromatic rings. The van der Waals surface area contributed by atoms with Gasteiger partial charge in [-0.05, 0) is 60.4 Å². The molecule has 2 aliphatic heterocycles. The number of carbonyl (C=O) groups is 2. The van der Waals surface area contributed by atoms with Crippen LogP contribution in [0, 0.1) is 5.82 Å². The first-order valence-corrected chi connectivity index (χ1v) is 11.3. The maximum atomic E-state index is 14.3. The van der Waals surface area contributed by atoms with Crippen LogP contribution in [0.3, 0.4) is 0 Å². The zero-order valence-electron chi connectivity index (χ0n) is 19.5. The van der Waals surface area contributed by atoms with Crippen molar-refractivity contribution in [3.05, 3.63) is 82.6 Å². The Morgan fingerprint density at radius 1 is 1.26 bits per heavy atom. The second kappa shape index (κ2) is 9.07. The molecule has 8 nitrogen and oxygen atoms in total. The number of ether oxygens (including phenoxy) is 2. The van der Waals surface area contributed by atoms with Crippen LogP contribution in [-0.4, -0.2) is 54.2 Å². The number of methoxy groups -OCH3 is 1. The van der Waals surface area contributed by atoms with E-state index in [2.05, 4.69) is 15.3 Å². The smallest absolute Gasteiger partial charge is 0.270 e. The molecule has 9 heteroatoms. The highest BCUT2D eigenvalue weighted by Crippen LogP contribution is 2.31. The molecule has 2 aliphatic rings. The Labute approximate surface area is 202 Å². The van der Waals surface area contributed by atoms with Crippen LogP contribution in [-0.2, 0) is 17.6 Å². The fourth-order valence-corrected chi connectivity index (χ4v) is 4.36. The number of benzene rings is 1. The third-order valence-electron chi connectivity index (χ3n) is 6.29. The number of pyridine rings is 2. The summed E-state index contributed by atoms with van der Waals surface area (Å²) in [6.07, 6.45) is 4.12. The van der Waals surface area contributed by atoms with E-state index in [1.54, 1.807) is 25.4 Å². The molecule has 180 valence electrons. The molecule has 35 heavy (non-hydrogen) atoms. The average molecular weight is 477 g/mol. The quantitative estimate of drug-likeness (QED) is 0.588. The number of carbonyl (C=O) groups excluding carboxylic acids is 2. The summed E-state index contributed by atoms with van der Waals surface area (Å²) in [6, 6.07) is 9.96. The Hall–Kier alpha value is -3.85. The lowest BCUT2D eigenvalue weighted by molar-refractivity contribution is -0.0594. The van der Waals surface area contributed by atoms with Crippen molar-refractivity contribution in [1.82, 2.24) is 15.3 Å². The Morgan fingerprint density at radius 3 is 2.74 bits per heavy atom. The predicted octanol–water partition coefficient (Wildman–Crippen LogP) is 2.94. The fourth-order valence-electron chi connectivity index (χ4n) is 4.36. The van der Waals surface area contributed by atoms with Gasteiger partial charge in [-0.25, -0.2) is 9.37 Å². The lowest BCUT2D eigenvalue weighted by Crippen LogP contribution is -2.60. The van der Waals surface area contributed by atoms with Gasteiger partial charge in [-0.15, -0.1) is 0 Å². The minimum absolute atomic E-state index is 0.0286. The van der Waals surface area contributed by atoms with Crippen molar-refractivity contribution in [2.45, 2.75) is 25.3 Å². The topological polar surface area (TPSA) is 93.7 Å². The van der Waals surface area contributed by atoms with Crippen LogP contribution in [0.25, 0.3) is 0 Å². The molecule has 0 spiro atoms. The zero-order valence-corrected chi connectivity index (χ0v) is 19.5. The second-order valence-electron chi connectivity index (χ2n) is 9.07. The minimum Gasteiger partial charge on any atom is -0.496 e. The van der Waals surface area contributed by atoms with E-state index < -0.39 is 5.82 Å². The first-order chi connectivity index (χ1) is 16.9. The van der Waals surface area contributed by atoms with Gasteiger partial charge < -0.3 is 14.8 Å². The summed E-state index contributed by atoms with van der Waals surface area (Å²) in [7, 11) is 1.59. The average Bonchev–Trinajstić information content (AvgIpc) is 2.84. The number of fused-ring (bicyclic) bond motifs is 1. The van der Waals surface area contributed by atoms with Crippen molar-refractivity contribution < 1.29 is 23.5 Å². The number of aromatic nitrogens is 2. The van der Waals surface area contributed by atoms with Gasteiger partial charge in [0.05, 0.1) is 25.9 Å². The molecule has 1 aromatic carbocycles. The van der Waals surface area contributed by atoms with Gasteiger partial charge in [0.1, 0.15) is 11.4 Å². The number of halogens is 1. The fraction of sp³-hybridized carbons (Fsp3) is 0.308. The number of amides is 2. The third-order valence-corrected chi connectivity index (χ3v) is 6.29. The molecular formula is C26H25FN4O4. The number of nitrogens with one attached hydrogen (secondary N) is 1. The monoisotopic (exact) mass is 476 g/mol. The van der Waals surface area contributed by atoms with E-state index in [1.165, 1.54) is 23.2 Å². The normalized spacial score (nSPS) is 16.3. The summed E-state index contributed by atoms with van der Waals surface area (Å²) in [6.45, 7) is 3.23. The molecule has 2 amide bonds. The summed E-state index contributed by atoms with van der Waals surface area (Å²) in [5.74, 6) is -0.394. The molecule has 0 saturated carbocycles. The van der Waals surface area contributed by atoms with E-state index in [0.29, 0.717) is 49.6 Å². The van der Waals surface area contributed by atoms with Crippen LogP contribution in [0.5, 0.6) is 5.75 Å². The Kier molecular flexibility index (Phi) is 5.94. The van der Waals surface area contributed by atoms with Crippen LogP contribution < -0.4 is 15.0 Å². The highest BCUT2D eigenvalue weighted by atomic mass is 19.1. The molecule has 0 aliphatic carbocycles. The Morgan fingerprint density at radius 2 is 2.09 bits per heavy atom. The summed E-state index contributed by atoms with van der Waals surface area (Å²) >= 11 is 0. The first kappa shape index (κ1) is 22.9. The summed E-state index contributed by atoms with van der Waals surface area (Å²) < 4.78 is 25.1. The van der Waals surface area contributed by atoms with Crippen molar-refractivity contribution in [2.24, 2.45) is 0 Å². The van der Waals surface area contributed by atoms with Gasteiger partial charge >= 0.3 is 0 Å². The molecule has 0 unspecified atom stereocenters. The lowest BCUT2D eigenvalue weighted by Gasteiger charge is -2.38. The van der Waals surface area contributed by atoms with Crippen molar-refractivity contribution in [3.8, 4) is 5.75 Å². The van der Waals surface area contributed by atoms with Crippen LogP contribution >= 0.6 is 0 Å². The van der Waals surface area contributed by atoms with Crippen LogP contribution in [0.15, 0.2) is 48.8 Å². The highest BCUT2D eigenvalue weighted by molar-refractivity contribution is 6.08. The maximum Gasteiger partial charge on any atom is 0.270 e. The van der Waals surface area contributed by atoms with Crippen molar-refractivity contribution in [1.29, 1.82) is 0 Å². The van der Waals surface area contributed by atoms with Gasteiger partial charge in [0, 0.05) is 30.9 Å². The molecule has 2 aromatic heterocycles. The first-order valence-electron chi connectivity index (χ1n) is 11.3. The SMILES string of the molecule is COc1cc2c(cc1Cc1ccc(C(=O)NC3(C)COC3)nc1)C(=O)N(c1ncccc1F)CC2. The molecule has 1 N–H and O–H groups in total. The zero-order chi connectivity index (χ0) is 24.6. The second-order valence-corrected chi connectivity index (χ2v) is 9.07. The molecule has 1 saturated heterocycles. The number of anilines is 1. The molecule has 4 heterocycles. The number of rotatable bonds is 6. The Bertz CT molecular complexity index is 1290. The molecule has 5 rings (SSSR count). The number of hydrogen-bond donors (Lipinski definition) is 1. The van der Waals surface area contributed by atoms with Gasteiger partial charge in [-0.1, -0.05) is 6.07 Å². The van der Waals surface area contributed by atoms with Crippen LogP contribution in [0.4, 0.5) is 10.2 Å². The number of nitrogens with zero attached hydrogens (tertiary/aromatic N) is 3. The summed E-state index contributed by atoms with van der Waals surface area (Å²) in [4.78, 5) is 35.5. The van der Waals surface area contributed by atoms with Crippen molar-refractivity contribution in [3.63, 3.8) is 0 Å². The van der Waals surface area contributed by atoms with Gasteiger partial charge in [-0.2, -0.15) is 0 Å². The third kappa shape index (κ3) is 4.46. The lowest BCUT2D eigenvalue weighted by atomic mass is 9.93. The van der Waals surface area contributed by atoms with Gasteiger partial charge in [-0.3, -0.25) is 19.5 Å². The van der Waals surface area contributed by atoms with E-state index in [0.717, 1.165) is 16.7 Å². The molecule has 0 bridgehead atoms. The predicted molar refractivity (Wildman–Crippen MR) is 126 cm³/mol. The van der Waals surface area contributed by atoms with Crippen molar-refractivity contribution in [2.75, 3.05) is 31.8 Å². The standard InChI is InChI=1S/C26H25FN4O4/c1-26(14-35-15-26)30-24(32)21-6-5-16(13-29-21)10-18-11-19-17(12-22(18)34-2)7-9-31(25(19)33)23-20(27)4-3-8-28-23/h3-6,8,11-13H,7,9-10,14-15H2,1-2H3,(H,30,32). The maximum absolute atomic E-state index is 14.3. The van der Waals surface area contributed by atoms with Gasteiger partial charge in [0.25, 0.3) is 11.8 Å². The van der Waals surface area contributed by atoms with Crippen molar-refractivity contribution >= 4 is 17.6 Å². The molecule has 0 atom stereocenters. The van der Waals surface area contributed by atoms with E-state index in [4.69, 9.17) is 9.47 Å². The summed E-state index contributed by atoms with van der Waals surface area (Å²) in [5, 5.41) is 2.94. The largest absolute Gasteiger partial charge is 0.496 e. The summed E-state index contributed by atoms with van der Waals surface area (Å²) in [5.41, 5.74) is 2.96. The molecular weight excluding hydrogens is 451 g/mol. The Balaban J connectivity index is 1.37. The number of hydrogen-bond acceptors (Lipinski definition) is 6. The van der Waals surface area contributed by atoms with Crippen LogP contribution in [0.1, 0.15) is 44.5 Å². The van der Waals surface area contributed by atoms with Gasteiger partial charge in [0.2, 0.25) is 0 Å². The minimum atomic E-state index is -0.535. The van der Waals surface area contributed by atoms with E-state index >= 15 is 0 Å². The van der Waals surface area contributed by atoms with E-state index in [9.17, 15) is 14.0 Å². The van der Waals surface area contributed by atoms with Gasteiger partial charge in [0.15, 0.2) is 11.6 Å². The van der Waals surface area contributed by atoms with Crippen LogP contribution in [0.2, 0.25) is 0 Å².